The maximum atomic E-state index is 6.10. The van der Waals surface area contributed by atoms with Crippen molar-refractivity contribution in [3.05, 3.63) is 0 Å². The molecule has 4 unspecified atom stereocenters. The van der Waals surface area contributed by atoms with Crippen molar-refractivity contribution < 1.29 is 0 Å². The first-order valence-electron chi connectivity index (χ1n) is 5.47. The van der Waals surface area contributed by atoms with Gasteiger partial charge < -0.3 is 16.4 Å². The maximum absolute atomic E-state index is 6.10. The third kappa shape index (κ3) is 1.97. The van der Waals surface area contributed by atoms with Crippen LogP contribution in [-0.2, 0) is 0 Å². The van der Waals surface area contributed by atoms with Crippen LogP contribution >= 0.6 is 0 Å². The summed E-state index contributed by atoms with van der Waals surface area (Å²) in [6.45, 7) is 5.08. The quantitative estimate of drug-likeness (QED) is 0.533. The fourth-order valence-corrected chi connectivity index (χ4v) is 2.51. The molecular formula is C10H20N4. The average Bonchev–Trinajstić information content (AvgIpc) is 2.20. The van der Waals surface area contributed by atoms with Gasteiger partial charge in [0.2, 0.25) is 0 Å². The second-order valence-electron chi connectivity index (χ2n) is 4.45. The minimum atomic E-state index is 0.234. The first kappa shape index (κ1) is 10.1. The lowest BCUT2D eigenvalue weighted by molar-refractivity contribution is 0.200. The molecular weight excluding hydrogens is 176 g/mol. The smallest absolute Gasteiger partial charge is 0.0540 e. The van der Waals surface area contributed by atoms with Crippen molar-refractivity contribution in [2.75, 3.05) is 19.8 Å². The Bertz CT molecular complexity index is 216. The van der Waals surface area contributed by atoms with E-state index in [9.17, 15) is 0 Å². The largest absolute Gasteiger partial charge is 0.326 e. The Morgan fingerprint density at radius 1 is 1.50 bits per heavy atom. The first-order chi connectivity index (χ1) is 6.79. The molecule has 2 heterocycles. The predicted molar refractivity (Wildman–Crippen MR) is 58.4 cm³/mol. The van der Waals surface area contributed by atoms with Gasteiger partial charge in [-0.25, -0.2) is 0 Å². The SMILES string of the molecule is CC1CNCNC1C1CC=NCC1N. The maximum Gasteiger partial charge on any atom is 0.0540 e. The lowest BCUT2D eigenvalue weighted by Crippen LogP contribution is -2.58. The minimum Gasteiger partial charge on any atom is -0.326 e. The van der Waals surface area contributed by atoms with Gasteiger partial charge in [0.15, 0.2) is 0 Å². The van der Waals surface area contributed by atoms with E-state index in [1.807, 2.05) is 6.21 Å². The van der Waals surface area contributed by atoms with Crippen LogP contribution in [-0.4, -0.2) is 38.1 Å². The van der Waals surface area contributed by atoms with E-state index in [4.69, 9.17) is 5.73 Å². The molecule has 4 N–H and O–H groups in total. The van der Waals surface area contributed by atoms with E-state index in [2.05, 4.69) is 22.5 Å². The zero-order valence-electron chi connectivity index (χ0n) is 8.74. The minimum absolute atomic E-state index is 0.234. The number of rotatable bonds is 1. The van der Waals surface area contributed by atoms with Crippen LogP contribution < -0.4 is 16.4 Å². The van der Waals surface area contributed by atoms with Crippen LogP contribution in [0.4, 0.5) is 0 Å². The van der Waals surface area contributed by atoms with Crippen molar-refractivity contribution in [1.29, 1.82) is 0 Å². The highest BCUT2D eigenvalue weighted by Crippen LogP contribution is 2.22. The third-order valence-corrected chi connectivity index (χ3v) is 3.38. The summed E-state index contributed by atoms with van der Waals surface area (Å²) >= 11 is 0. The summed E-state index contributed by atoms with van der Waals surface area (Å²) in [7, 11) is 0. The highest BCUT2D eigenvalue weighted by atomic mass is 15.1. The van der Waals surface area contributed by atoms with E-state index in [1.54, 1.807) is 0 Å². The molecule has 0 spiro atoms. The van der Waals surface area contributed by atoms with Gasteiger partial charge in [0.1, 0.15) is 0 Å². The molecule has 1 saturated heterocycles. The molecule has 0 aromatic heterocycles. The molecule has 14 heavy (non-hydrogen) atoms. The lowest BCUT2D eigenvalue weighted by Gasteiger charge is -2.39. The Morgan fingerprint density at radius 3 is 3.07 bits per heavy atom. The molecule has 0 aromatic carbocycles. The number of nitrogens with zero attached hydrogens (tertiary/aromatic N) is 1. The fraction of sp³-hybridized carbons (Fsp3) is 0.900. The van der Waals surface area contributed by atoms with Gasteiger partial charge >= 0.3 is 0 Å². The highest BCUT2D eigenvalue weighted by Gasteiger charge is 2.33. The van der Waals surface area contributed by atoms with E-state index in [1.165, 1.54) is 0 Å². The van der Waals surface area contributed by atoms with E-state index >= 15 is 0 Å². The van der Waals surface area contributed by atoms with Gasteiger partial charge in [-0.3, -0.25) is 4.99 Å². The van der Waals surface area contributed by atoms with Gasteiger partial charge in [0.25, 0.3) is 0 Å². The Hall–Kier alpha value is -0.450. The molecule has 4 heteroatoms. The summed E-state index contributed by atoms with van der Waals surface area (Å²) in [5, 5.41) is 6.85. The molecule has 4 nitrogen and oxygen atoms in total. The van der Waals surface area contributed by atoms with Crippen molar-refractivity contribution in [3.8, 4) is 0 Å². The summed E-state index contributed by atoms with van der Waals surface area (Å²) in [6, 6.07) is 0.788. The third-order valence-electron chi connectivity index (χ3n) is 3.38. The van der Waals surface area contributed by atoms with Crippen molar-refractivity contribution in [2.24, 2.45) is 22.6 Å². The van der Waals surface area contributed by atoms with E-state index in [-0.39, 0.29) is 6.04 Å². The molecule has 0 aromatic rings. The van der Waals surface area contributed by atoms with Crippen LogP contribution in [0.2, 0.25) is 0 Å². The molecule has 0 amide bonds. The standard InChI is InChI=1S/C10H20N4/c1-7-4-13-6-14-10(7)8-2-3-12-5-9(8)11/h3,7-10,13-14H,2,4-6,11H2,1H3. The molecule has 2 rings (SSSR count). The van der Waals surface area contributed by atoms with Crippen LogP contribution in [0.25, 0.3) is 0 Å². The molecule has 0 saturated carbocycles. The summed E-state index contributed by atoms with van der Waals surface area (Å²) in [4.78, 5) is 4.23. The number of hydrogen-bond acceptors (Lipinski definition) is 4. The van der Waals surface area contributed by atoms with Crippen molar-refractivity contribution in [2.45, 2.75) is 25.4 Å². The van der Waals surface area contributed by atoms with Gasteiger partial charge in [-0.15, -0.1) is 0 Å². The summed E-state index contributed by atoms with van der Waals surface area (Å²) in [5.74, 6) is 1.22. The summed E-state index contributed by atoms with van der Waals surface area (Å²) in [6.07, 6.45) is 3.06. The molecule has 0 aliphatic carbocycles. The van der Waals surface area contributed by atoms with Crippen LogP contribution in [0.1, 0.15) is 13.3 Å². The molecule has 1 fully saturated rings. The van der Waals surface area contributed by atoms with Crippen molar-refractivity contribution in [3.63, 3.8) is 0 Å². The molecule has 2 aliphatic rings. The van der Waals surface area contributed by atoms with Crippen molar-refractivity contribution in [1.82, 2.24) is 10.6 Å². The highest BCUT2D eigenvalue weighted by molar-refractivity contribution is 5.59. The Balaban J connectivity index is 2.01. The van der Waals surface area contributed by atoms with Gasteiger partial charge in [0.05, 0.1) is 6.54 Å². The van der Waals surface area contributed by atoms with Crippen LogP contribution in [0.15, 0.2) is 4.99 Å². The molecule has 2 aliphatic heterocycles. The predicted octanol–water partition coefficient (Wildman–Crippen LogP) is -0.441. The van der Waals surface area contributed by atoms with Crippen LogP contribution in [0, 0.1) is 11.8 Å². The lowest BCUT2D eigenvalue weighted by atomic mass is 9.80. The summed E-state index contributed by atoms with van der Waals surface area (Å²) < 4.78 is 0. The van der Waals surface area contributed by atoms with Gasteiger partial charge in [0, 0.05) is 25.3 Å². The van der Waals surface area contributed by atoms with Crippen LogP contribution in [0.5, 0.6) is 0 Å². The van der Waals surface area contributed by atoms with Gasteiger partial charge in [-0.05, 0) is 24.5 Å². The Morgan fingerprint density at radius 2 is 2.36 bits per heavy atom. The zero-order valence-corrected chi connectivity index (χ0v) is 8.74. The van der Waals surface area contributed by atoms with Crippen molar-refractivity contribution >= 4 is 6.21 Å². The van der Waals surface area contributed by atoms with E-state index < -0.39 is 0 Å². The first-order valence-corrected chi connectivity index (χ1v) is 5.47. The number of hydrogen-bond donors (Lipinski definition) is 3. The topological polar surface area (TPSA) is 62.4 Å². The second-order valence-corrected chi connectivity index (χ2v) is 4.45. The second kappa shape index (κ2) is 4.38. The van der Waals surface area contributed by atoms with E-state index in [0.717, 1.165) is 26.2 Å². The molecule has 0 radical (unpaired) electrons. The number of nitrogens with one attached hydrogen (secondary N) is 2. The van der Waals surface area contributed by atoms with E-state index in [0.29, 0.717) is 17.9 Å². The Kier molecular flexibility index (Phi) is 3.15. The molecule has 4 atom stereocenters. The number of nitrogens with two attached hydrogens (primary N) is 1. The monoisotopic (exact) mass is 196 g/mol. The zero-order chi connectivity index (χ0) is 9.97. The fourth-order valence-electron chi connectivity index (χ4n) is 2.51. The normalized spacial score (nSPS) is 43.9. The van der Waals surface area contributed by atoms with Gasteiger partial charge in [-0.2, -0.15) is 0 Å². The van der Waals surface area contributed by atoms with Gasteiger partial charge in [-0.1, -0.05) is 6.92 Å². The molecule has 80 valence electrons. The molecule has 0 bridgehead atoms. The average molecular weight is 196 g/mol. The summed E-state index contributed by atoms with van der Waals surface area (Å²) in [5.41, 5.74) is 6.10. The Labute approximate surface area is 85.3 Å². The number of aliphatic imine (C=N–C) groups is 1. The van der Waals surface area contributed by atoms with Crippen LogP contribution in [0.3, 0.4) is 0 Å².